The van der Waals surface area contributed by atoms with E-state index in [4.69, 9.17) is 23.2 Å². The van der Waals surface area contributed by atoms with E-state index >= 15 is 0 Å². The Morgan fingerprint density at radius 3 is 2.30 bits per heavy atom. The van der Waals surface area contributed by atoms with E-state index < -0.39 is 10.0 Å². The van der Waals surface area contributed by atoms with E-state index in [0.717, 1.165) is 5.69 Å². The lowest BCUT2D eigenvalue weighted by Crippen LogP contribution is -2.48. The Balaban J connectivity index is 1.54. The Bertz CT molecular complexity index is 1160. The Morgan fingerprint density at radius 2 is 1.59 bits per heavy atom. The highest BCUT2D eigenvalue weighted by molar-refractivity contribution is 7.89. The predicted octanol–water partition coefficient (Wildman–Crippen LogP) is 2.67. The molecule has 2 aromatic carbocycles. The number of nitrogens with one attached hydrogen (secondary N) is 2. The molecule has 27 heavy (non-hydrogen) atoms. The van der Waals surface area contributed by atoms with Crippen molar-refractivity contribution in [2.75, 3.05) is 31.1 Å². The lowest BCUT2D eigenvalue weighted by Gasteiger charge is -2.35. The second kappa shape index (κ2) is 6.87. The first-order valence-corrected chi connectivity index (χ1v) is 10.5. The Hall–Kier alpha value is -2.00. The van der Waals surface area contributed by atoms with Crippen LogP contribution >= 0.6 is 23.2 Å². The van der Waals surface area contributed by atoms with Gasteiger partial charge in [0.05, 0.1) is 26.6 Å². The maximum atomic E-state index is 13.0. The van der Waals surface area contributed by atoms with Crippen LogP contribution in [0.25, 0.3) is 11.0 Å². The minimum atomic E-state index is -3.65. The minimum Gasteiger partial charge on any atom is -0.368 e. The van der Waals surface area contributed by atoms with E-state index in [0.29, 0.717) is 47.3 Å². The van der Waals surface area contributed by atoms with E-state index in [9.17, 15) is 13.2 Å². The fraction of sp³-hybridized carbons (Fsp3) is 0.235. The molecule has 7 nitrogen and oxygen atoms in total. The number of imidazole rings is 1. The van der Waals surface area contributed by atoms with Crippen molar-refractivity contribution in [1.29, 1.82) is 0 Å². The van der Waals surface area contributed by atoms with Crippen LogP contribution in [0.2, 0.25) is 10.0 Å². The fourth-order valence-corrected chi connectivity index (χ4v) is 5.21. The maximum Gasteiger partial charge on any atom is 0.323 e. The summed E-state index contributed by atoms with van der Waals surface area (Å²) >= 11 is 12.2. The fourth-order valence-electron chi connectivity index (χ4n) is 3.23. The van der Waals surface area contributed by atoms with E-state index in [1.54, 1.807) is 18.2 Å². The van der Waals surface area contributed by atoms with Crippen LogP contribution in [0.15, 0.2) is 46.1 Å². The van der Waals surface area contributed by atoms with Crippen molar-refractivity contribution in [2.45, 2.75) is 4.90 Å². The van der Waals surface area contributed by atoms with Crippen molar-refractivity contribution in [3.8, 4) is 0 Å². The molecule has 142 valence electrons. The van der Waals surface area contributed by atoms with Gasteiger partial charge >= 0.3 is 5.69 Å². The highest BCUT2D eigenvalue weighted by atomic mass is 35.5. The molecule has 10 heteroatoms. The van der Waals surface area contributed by atoms with Crippen LogP contribution in [0.3, 0.4) is 0 Å². The number of nitrogens with zero attached hydrogens (tertiary/aromatic N) is 2. The van der Waals surface area contributed by atoms with Crippen molar-refractivity contribution < 1.29 is 8.42 Å². The van der Waals surface area contributed by atoms with Crippen LogP contribution in [0, 0.1) is 0 Å². The molecule has 2 N–H and O–H groups in total. The summed E-state index contributed by atoms with van der Waals surface area (Å²) in [5.41, 5.74) is 1.51. The lowest BCUT2D eigenvalue weighted by atomic mass is 10.2. The van der Waals surface area contributed by atoms with Gasteiger partial charge in [0, 0.05) is 31.2 Å². The molecule has 1 aliphatic heterocycles. The predicted molar refractivity (Wildman–Crippen MR) is 106 cm³/mol. The number of piperazine rings is 1. The molecule has 1 fully saturated rings. The summed E-state index contributed by atoms with van der Waals surface area (Å²) in [4.78, 5) is 18.8. The molecule has 1 aliphatic rings. The normalized spacial score (nSPS) is 16.1. The monoisotopic (exact) mass is 426 g/mol. The molecule has 0 spiro atoms. The number of anilines is 1. The molecule has 0 atom stereocenters. The second-order valence-corrected chi connectivity index (χ2v) is 9.05. The van der Waals surface area contributed by atoms with Gasteiger partial charge in [0.25, 0.3) is 0 Å². The van der Waals surface area contributed by atoms with Gasteiger partial charge in [-0.25, -0.2) is 13.2 Å². The average molecular weight is 427 g/mol. The molecule has 0 aliphatic carbocycles. The zero-order valence-corrected chi connectivity index (χ0v) is 16.4. The van der Waals surface area contributed by atoms with Crippen molar-refractivity contribution in [2.24, 2.45) is 0 Å². The number of rotatable bonds is 3. The number of hydrogen-bond donors (Lipinski definition) is 2. The quantitative estimate of drug-likeness (QED) is 0.673. The molecule has 4 rings (SSSR count). The second-order valence-electron chi connectivity index (χ2n) is 6.27. The zero-order valence-electron chi connectivity index (χ0n) is 14.1. The van der Waals surface area contributed by atoms with E-state index in [2.05, 4.69) is 9.97 Å². The summed E-state index contributed by atoms with van der Waals surface area (Å²) in [7, 11) is -3.65. The molecular formula is C17H16Cl2N4O3S. The van der Waals surface area contributed by atoms with Gasteiger partial charge in [0.1, 0.15) is 0 Å². The molecule has 0 amide bonds. The number of aromatic nitrogens is 2. The largest absolute Gasteiger partial charge is 0.368 e. The summed E-state index contributed by atoms with van der Waals surface area (Å²) in [5.74, 6) is 0. The molecule has 2 heterocycles. The van der Waals surface area contributed by atoms with E-state index in [1.165, 1.54) is 16.4 Å². The third-order valence-electron chi connectivity index (χ3n) is 4.61. The molecular weight excluding hydrogens is 411 g/mol. The van der Waals surface area contributed by atoms with Crippen molar-refractivity contribution in [3.05, 3.63) is 56.9 Å². The first kappa shape index (κ1) is 18.4. The van der Waals surface area contributed by atoms with Gasteiger partial charge in [-0.3, -0.25) is 0 Å². The van der Waals surface area contributed by atoms with Gasteiger partial charge in [-0.1, -0.05) is 23.2 Å². The molecule has 0 unspecified atom stereocenters. The van der Waals surface area contributed by atoms with Crippen LogP contribution in [-0.2, 0) is 10.0 Å². The zero-order chi connectivity index (χ0) is 19.2. The topological polar surface area (TPSA) is 89.3 Å². The minimum absolute atomic E-state index is 0.156. The van der Waals surface area contributed by atoms with Gasteiger partial charge in [0.2, 0.25) is 10.0 Å². The highest BCUT2D eigenvalue weighted by Gasteiger charge is 2.29. The Kier molecular flexibility index (Phi) is 4.67. The summed E-state index contributed by atoms with van der Waals surface area (Å²) in [6.45, 7) is 1.71. The maximum absolute atomic E-state index is 13.0. The van der Waals surface area contributed by atoms with Crippen LogP contribution in [0.5, 0.6) is 0 Å². The molecule has 0 saturated carbocycles. The molecule has 1 aromatic heterocycles. The lowest BCUT2D eigenvalue weighted by molar-refractivity contribution is 0.385. The SMILES string of the molecule is O=c1[nH]c2ccc(S(=O)(=O)N3CCN(c4ccc(Cl)cc4Cl)CC3)cc2[nH]1. The van der Waals surface area contributed by atoms with Crippen LogP contribution in [-0.4, -0.2) is 48.9 Å². The number of aromatic amines is 2. The average Bonchev–Trinajstić information content (AvgIpc) is 3.01. The molecule has 0 radical (unpaired) electrons. The van der Waals surface area contributed by atoms with Crippen LogP contribution in [0.4, 0.5) is 5.69 Å². The van der Waals surface area contributed by atoms with E-state index in [1.807, 2.05) is 11.0 Å². The molecule has 3 aromatic rings. The summed E-state index contributed by atoms with van der Waals surface area (Å²) in [6, 6.07) is 9.84. The number of sulfonamides is 1. The molecule has 1 saturated heterocycles. The van der Waals surface area contributed by atoms with Crippen molar-refractivity contribution >= 4 is 49.9 Å². The van der Waals surface area contributed by atoms with Gasteiger partial charge in [-0.2, -0.15) is 4.31 Å². The summed E-state index contributed by atoms with van der Waals surface area (Å²) < 4.78 is 27.4. The Labute approximate surface area is 165 Å². The number of H-pyrrole nitrogens is 2. The first-order valence-electron chi connectivity index (χ1n) is 8.27. The summed E-state index contributed by atoms with van der Waals surface area (Å²) in [5, 5.41) is 1.10. The highest BCUT2D eigenvalue weighted by Crippen LogP contribution is 2.30. The first-order chi connectivity index (χ1) is 12.8. The number of hydrogen-bond acceptors (Lipinski definition) is 4. The third kappa shape index (κ3) is 3.45. The smallest absolute Gasteiger partial charge is 0.323 e. The number of benzene rings is 2. The summed E-state index contributed by atoms with van der Waals surface area (Å²) in [6.07, 6.45) is 0. The van der Waals surface area contributed by atoms with Crippen LogP contribution in [0.1, 0.15) is 0 Å². The number of fused-ring (bicyclic) bond motifs is 1. The van der Waals surface area contributed by atoms with Crippen molar-refractivity contribution in [1.82, 2.24) is 14.3 Å². The Morgan fingerprint density at radius 1 is 0.889 bits per heavy atom. The van der Waals surface area contributed by atoms with Crippen molar-refractivity contribution in [3.63, 3.8) is 0 Å². The standard InChI is InChI=1S/C17H16Cl2N4O3S/c18-11-1-4-16(13(19)9-11)22-5-7-23(8-6-22)27(25,26)12-2-3-14-15(10-12)21-17(24)20-14/h1-4,9-10H,5-8H2,(H2,20,21,24). The van der Waals surface area contributed by atoms with Gasteiger partial charge in [-0.15, -0.1) is 0 Å². The van der Waals surface area contributed by atoms with Gasteiger partial charge in [-0.05, 0) is 36.4 Å². The van der Waals surface area contributed by atoms with Crippen LogP contribution < -0.4 is 10.6 Å². The van der Waals surface area contributed by atoms with Gasteiger partial charge in [0.15, 0.2) is 0 Å². The molecule has 0 bridgehead atoms. The van der Waals surface area contributed by atoms with Gasteiger partial charge < -0.3 is 14.9 Å². The van der Waals surface area contributed by atoms with E-state index in [-0.39, 0.29) is 10.6 Å². The third-order valence-corrected chi connectivity index (χ3v) is 7.05. The number of halogens is 2.